The van der Waals surface area contributed by atoms with E-state index in [-0.39, 0.29) is 11.1 Å². The Hall–Kier alpha value is -2.94. The molecular formula is C30H37NO2. The summed E-state index contributed by atoms with van der Waals surface area (Å²) in [6.07, 6.45) is 6.81. The van der Waals surface area contributed by atoms with E-state index in [9.17, 15) is 0 Å². The van der Waals surface area contributed by atoms with E-state index in [2.05, 4.69) is 93.3 Å². The fraction of sp³-hybridized carbons (Fsp3) is 0.400. The molecule has 3 aromatic rings. The maximum atomic E-state index is 5.98. The van der Waals surface area contributed by atoms with Crippen LogP contribution in [0.3, 0.4) is 0 Å². The van der Waals surface area contributed by atoms with Gasteiger partial charge in [0.2, 0.25) is 0 Å². The van der Waals surface area contributed by atoms with Gasteiger partial charge in [0.15, 0.2) is 0 Å². The fourth-order valence-electron chi connectivity index (χ4n) is 5.79. The summed E-state index contributed by atoms with van der Waals surface area (Å²) in [6, 6.07) is 21.2. The Kier molecular flexibility index (Phi) is 6.43. The van der Waals surface area contributed by atoms with Crippen LogP contribution in [0, 0.1) is 0 Å². The van der Waals surface area contributed by atoms with Crippen molar-refractivity contribution in [2.75, 3.05) is 14.2 Å². The number of benzene rings is 3. The van der Waals surface area contributed by atoms with Crippen LogP contribution in [0.25, 0.3) is 16.8 Å². The Morgan fingerprint density at radius 3 is 2.06 bits per heavy atom. The summed E-state index contributed by atoms with van der Waals surface area (Å²) in [5.41, 5.74) is 3.81. The van der Waals surface area contributed by atoms with Gasteiger partial charge in [0, 0.05) is 39.5 Å². The largest absolute Gasteiger partial charge is 0.496 e. The van der Waals surface area contributed by atoms with Crippen molar-refractivity contribution in [3.8, 4) is 11.5 Å². The number of piperidine rings is 1. The lowest BCUT2D eigenvalue weighted by Crippen LogP contribution is -2.57. The van der Waals surface area contributed by atoms with Crippen molar-refractivity contribution >= 4 is 16.8 Å². The van der Waals surface area contributed by atoms with Gasteiger partial charge in [0.05, 0.1) is 14.2 Å². The summed E-state index contributed by atoms with van der Waals surface area (Å²) in [7, 11) is 3.50. The van der Waals surface area contributed by atoms with Crippen molar-refractivity contribution in [2.24, 2.45) is 0 Å². The third-order valence-electron chi connectivity index (χ3n) is 7.04. The predicted octanol–water partition coefficient (Wildman–Crippen LogP) is 7.48. The number of likely N-dealkylation sites (tertiary alicyclic amines) is 1. The number of hydrogen-bond acceptors (Lipinski definition) is 3. The van der Waals surface area contributed by atoms with Crippen LogP contribution in [0.5, 0.6) is 11.5 Å². The summed E-state index contributed by atoms with van der Waals surface area (Å²) in [6.45, 7) is 9.52. The molecule has 3 nitrogen and oxygen atoms in total. The minimum absolute atomic E-state index is 0.0660. The number of methoxy groups -OCH3 is 2. The van der Waals surface area contributed by atoms with E-state index >= 15 is 0 Å². The number of fused-ring (bicyclic) bond motifs is 1. The molecule has 0 amide bonds. The third kappa shape index (κ3) is 4.59. The Balaban J connectivity index is 1.94. The van der Waals surface area contributed by atoms with Gasteiger partial charge >= 0.3 is 0 Å². The van der Waals surface area contributed by atoms with E-state index in [1.165, 1.54) is 30.5 Å². The molecule has 0 bridgehead atoms. The van der Waals surface area contributed by atoms with Crippen LogP contribution >= 0.6 is 0 Å². The molecule has 1 saturated heterocycles. The van der Waals surface area contributed by atoms with Crippen molar-refractivity contribution in [3.05, 3.63) is 77.5 Å². The Labute approximate surface area is 199 Å². The molecule has 1 aliphatic rings. The standard InChI is InChI=1S/C30H37NO2/c1-29(2)17-12-18-30(3,4)31(29)24(19-22-13-8-7-9-14-22)20-23-21-27(32-5)25-15-10-11-16-26(25)28(23)33-6/h7-11,13-16,20-21H,12,17-19H2,1-6H3. The molecule has 3 heteroatoms. The highest BCUT2D eigenvalue weighted by Crippen LogP contribution is 2.44. The normalized spacial score (nSPS) is 17.8. The molecule has 0 radical (unpaired) electrons. The molecule has 33 heavy (non-hydrogen) atoms. The highest BCUT2D eigenvalue weighted by molar-refractivity contribution is 5.96. The van der Waals surface area contributed by atoms with E-state index in [1.807, 2.05) is 6.07 Å². The molecule has 1 heterocycles. The lowest BCUT2D eigenvalue weighted by Gasteiger charge is -2.55. The molecule has 1 fully saturated rings. The molecule has 0 spiro atoms. The quantitative estimate of drug-likeness (QED) is 0.394. The first-order chi connectivity index (χ1) is 15.8. The zero-order valence-corrected chi connectivity index (χ0v) is 20.9. The second-order valence-corrected chi connectivity index (χ2v) is 10.4. The smallest absolute Gasteiger partial charge is 0.134 e. The van der Waals surface area contributed by atoms with Crippen molar-refractivity contribution in [2.45, 2.75) is 64.5 Å². The van der Waals surface area contributed by atoms with E-state index in [0.29, 0.717) is 0 Å². The molecule has 0 atom stereocenters. The van der Waals surface area contributed by atoms with Crippen LogP contribution in [-0.4, -0.2) is 30.2 Å². The Bertz CT molecular complexity index is 1130. The van der Waals surface area contributed by atoms with Gasteiger partial charge < -0.3 is 14.4 Å². The number of ether oxygens (including phenoxy) is 2. The van der Waals surface area contributed by atoms with Crippen LogP contribution in [0.1, 0.15) is 58.1 Å². The van der Waals surface area contributed by atoms with E-state index in [1.54, 1.807) is 14.2 Å². The van der Waals surface area contributed by atoms with Crippen LogP contribution in [0.2, 0.25) is 0 Å². The summed E-state index contributed by atoms with van der Waals surface area (Å²) in [5.74, 6) is 1.76. The highest BCUT2D eigenvalue weighted by atomic mass is 16.5. The molecule has 0 aliphatic carbocycles. The van der Waals surface area contributed by atoms with Crippen LogP contribution in [-0.2, 0) is 6.42 Å². The number of nitrogens with zero attached hydrogens (tertiary/aromatic N) is 1. The molecule has 1 aliphatic heterocycles. The van der Waals surface area contributed by atoms with Gasteiger partial charge in [0.25, 0.3) is 0 Å². The molecule has 4 rings (SSSR count). The minimum atomic E-state index is 0.0660. The lowest BCUT2D eigenvalue weighted by atomic mass is 9.78. The van der Waals surface area contributed by atoms with Gasteiger partial charge in [-0.3, -0.25) is 0 Å². The summed E-state index contributed by atoms with van der Waals surface area (Å²) < 4.78 is 11.8. The van der Waals surface area contributed by atoms with Crippen LogP contribution < -0.4 is 9.47 Å². The zero-order chi connectivity index (χ0) is 23.6. The van der Waals surface area contributed by atoms with Crippen LogP contribution in [0.4, 0.5) is 0 Å². The first kappa shape index (κ1) is 23.2. The molecule has 174 valence electrons. The van der Waals surface area contributed by atoms with E-state index < -0.39 is 0 Å². The third-order valence-corrected chi connectivity index (χ3v) is 7.04. The average molecular weight is 444 g/mol. The molecule has 0 unspecified atom stereocenters. The van der Waals surface area contributed by atoms with Gasteiger partial charge in [-0.1, -0.05) is 54.6 Å². The van der Waals surface area contributed by atoms with Crippen molar-refractivity contribution in [1.82, 2.24) is 4.90 Å². The summed E-state index contributed by atoms with van der Waals surface area (Å²) >= 11 is 0. The monoisotopic (exact) mass is 443 g/mol. The SMILES string of the molecule is COc1cc(C=C(Cc2ccccc2)N2C(C)(C)CCCC2(C)C)c(OC)c2ccccc12. The van der Waals surface area contributed by atoms with E-state index in [4.69, 9.17) is 9.47 Å². The fourth-order valence-corrected chi connectivity index (χ4v) is 5.79. The summed E-state index contributed by atoms with van der Waals surface area (Å²) in [5, 5.41) is 2.14. The first-order valence-electron chi connectivity index (χ1n) is 12.0. The lowest BCUT2D eigenvalue weighted by molar-refractivity contribution is 0.00505. The van der Waals surface area contributed by atoms with Crippen molar-refractivity contribution < 1.29 is 9.47 Å². The van der Waals surface area contributed by atoms with Crippen LogP contribution in [0.15, 0.2) is 66.4 Å². The highest BCUT2D eigenvalue weighted by Gasteiger charge is 2.42. The average Bonchev–Trinajstić information content (AvgIpc) is 2.78. The molecular weight excluding hydrogens is 406 g/mol. The first-order valence-corrected chi connectivity index (χ1v) is 12.0. The minimum Gasteiger partial charge on any atom is -0.496 e. The van der Waals surface area contributed by atoms with E-state index in [0.717, 1.165) is 34.3 Å². The maximum absolute atomic E-state index is 5.98. The van der Waals surface area contributed by atoms with Gasteiger partial charge in [-0.05, 0) is 64.7 Å². The topological polar surface area (TPSA) is 21.7 Å². The summed E-state index contributed by atoms with van der Waals surface area (Å²) in [4.78, 5) is 2.66. The van der Waals surface area contributed by atoms with Gasteiger partial charge in [0.1, 0.15) is 11.5 Å². The Morgan fingerprint density at radius 1 is 0.848 bits per heavy atom. The zero-order valence-electron chi connectivity index (χ0n) is 20.9. The predicted molar refractivity (Wildman–Crippen MR) is 139 cm³/mol. The maximum Gasteiger partial charge on any atom is 0.134 e. The molecule has 0 aromatic heterocycles. The Morgan fingerprint density at radius 2 is 1.45 bits per heavy atom. The molecule has 0 N–H and O–H groups in total. The number of hydrogen-bond donors (Lipinski definition) is 0. The van der Waals surface area contributed by atoms with Gasteiger partial charge in [-0.15, -0.1) is 0 Å². The van der Waals surface area contributed by atoms with Gasteiger partial charge in [-0.25, -0.2) is 0 Å². The second-order valence-electron chi connectivity index (χ2n) is 10.4. The number of rotatable bonds is 6. The number of allylic oxidation sites excluding steroid dienone is 1. The second kappa shape index (κ2) is 9.13. The molecule has 3 aromatic carbocycles. The molecule has 0 saturated carbocycles. The van der Waals surface area contributed by atoms with Gasteiger partial charge in [-0.2, -0.15) is 0 Å². The van der Waals surface area contributed by atoms with Crippen molar-refractivity contribution in [3.63, 3.8) is 0 Å². The van der Waals surface area contributed by atoms with Crippen molar-refractivity contribution in [1.29, 1.82) is 0 Å².